The van der Waals surface area contributed by atoms with Gasteiger partial charge in [-0.05, 0) is 74.0 Å². The first-order valence-electron chi connectivity index (χ1n) is 12.5. The van der Waals surface area contributed by atoms with Crippen LogP contribution in [0.3, 0.4) is 0 Å². The van der Waals surface area contributed by atoms with Crippen molar-refractivity contribution in [3.63, 3.8) is 0 Å². The van der Waals surface area contributed by atoms with Crippen LogP contribution in [0.1, 0.15) is 5.56 Å². The summed E-state index contributed by atoms with van der Waals surface area (Å²) in [6.07, 6.45) is 0. The average Bonchev–Trinajstić information content (AvgIpc) is 2.96. The van der Waals surface area contributed by atoms with Crippen molar-refractivity contribution in [3.8, 4) is 0 Å². The van der Waals surface area contributed by atoms with Crippen molar-refractivity contribution in [2.45, 2.75) is 0 Å². The van der Waals surface area contributed by atoms with Crippen LogP contribution < -0.4 is 15.9 Å². The summed E-state index contributed by atoms with van der Waals surface area (Å²) in [6.45, 7) is 0. The Morgan fingerprint density at radius 1 is 0.432 bits per heavy atom. The van der Waals surface area contributed by atoms with E-state index < -0.39 is 7.92 Å². The quantitative estimate of drug-likeness (QED) is 0.131. The molecule has 0 radical (unpaired) electrons. The van der Waals surface area contributed by atoms with E-state index in [-0.39, 0.29) is 0 Å². The van der Waals surface area contributed by atoms with E-state index in [1.807, 2.05) is 5.37 Å². The molecule has 2 heteroatoms. The van der Waals surface area contributed by atoms with E-state index >= 15 is 0 Å². The highest BCUT2D eigenvalue weighted by Gasteiger charge is 2.26. The van der Waals surface area contributed by atoms with Gasteiger partial charge in [0.05, 0.1) is 0 Å². The average molecular weight is 507 g/mol. The Morgan fingerprint density at radius 2 is 0.784 bits per heavy atom. The second-order valence-electron chi connectivity index (χ2n) is 9.35. The largest absolute Gasteiger partial charge is 0.0881 e. The molecule has 0 aliphatic heterocycles. The highest BCUT2D eigenvalue weighted by atomic mass is 32.1. The molecule has 0 N–H and O–H groups in total. The summed E-state index contributed by atoms with van der Waals surface area (Å²) >= 11 is 5.59. The second-order valence-corrected chi connectivity index (χ2v) is 11.6. The molecule has 174 valence electrons. The Balaban J connectivity index is 1.75. The number of rotatable bonds is 4. The molecule has 0 fully saturated rings. The Bertz CT molecular complexity index is 1740. The molecular weight excluding hydrogens is 483 g/mol. The van der Waals surface area contributed by atoms with Crippen LogP contribution in [0.5, 0.6) is 0 Å². The Kier molecular flexibility index (Phi) is 5.55. The molecule has 0 aromatic heterocycles. The third kappa shape index (κ3) is 3.66. The van der Waals surface area contributed by atoms with Gasteiger partial charge in [0.15, 0.2) is 0 Å². The van der Waals surface area contributed by atoms with Gasteiger partial charge in [-0.1, -0.05) is 134 Å². The lowest BCUT2D eigenvalue weighted by molar-refractivity contribution is 1.74. The van der Waals surface area contributed by atoms with Gasteiger partial charge < -0.3 is 0 Å². The fraction of sp³-hybridized carbons (Fsp3) is 0. The highest BCUT2D eigenvalue weighted by molar-refractivity contribution is 7.82. The van der Waals surface area contributed by atoms with Crippen molar-refractivity contribution < 1.29 is 0 Å². The number of fused-ring (bicyclic) bond motifs is 4. The summed E-state index contributed by atoms with van der Waals surface area (Å²) in [6, 6.07) is 48.7. The molecule has 0 saturated carbocycles. The molecular formula is C35H23PS. The van der Waals surface area contributed by atoms with Crippen molar-refractivity contribution in [1.29, 1.82) is 0 Å². The van der Waals surface area contributed by atoms with Gasteiger partial charge >= 0.3 is 0 Å². The fourth-order valence-electron chi connectivity index (χ4n) is 5.60. The van der Waals surface area contributed by atoms with E-state index in [0.717, 1.165) is 5.56 Å². The number of thiocarbonyl (C=S) groups is 1. The van der Waals surface area contributed by atoms with E-state index in [4.69, 9.17) is 12.2 Å². The molecule has 7 rings (SSSR count). The SMILES string of the molecule is S=Cc1ccccc1P(c1c2ccccc2cc2ccccc12)c1c2ccccc2cc2ccccc12. The maximum Gasteiger partial charge on any atom is 0.00927 e. The standard InChI is InChI=1S/C35H23PS/c37-23-28-15-5-10-20-33(28)36(34-29-16-6-1-11-24(29)21-25-12-2-7-17-30(25)34)35-31-18-8-3-13-26(31)22-27-14-4-9-19-32(27)35/h1-23H. The molecule has 0 amide bonds. The molecule has 0 unspecified atom stereocenters. The first-order valence-corrected chi connectivity index (χ1v) is 14.3. The van der Waals surface area contributed by atoms with Crippen LogP contribution in [-0.2, 0) is 0 Å². The predicted octanol–water partition coefficient (Wildman–Crippen LogP) is 8.41. The molecule has 7 aromatic rings. The molecule has 7 aromatic carbocycles. The van der Waals surface area contributed by atoms with Crippen LogP contribution in [0.25, 0.3) is 43.1 Å². The van der Waals surface area contributed by atoms with Gasteiger partial charge in [0.2, 0.25) is 0 Å². The van der Waals surface area contributed by atoms with Crippen molar-refractivity contribution in [3.05, 3.63) is 139 Å². The predicted molar refractivity (Wildman–Crippen MR) is 168 cm³/mol. The zero-order chi connectivity index (χ0) is 24.8. The number of hydrogen-bond acceptors (Lipinski definition) is 1. The highest BCUT2D eigenvalue weighted by Crippen LogP contribution is 2.44. The Labute approximate surface area is 222 Å². The smallest absolute Gasteiger partial charge is 0.00927 e. The summed E-state index contributed by atoms with van der Waals surface area (Å²) in [5.41, 5.74) is 1.12. The molecule has 0 bridgehead atoms. The van der Waals surface area contributed by atoms with Gasteiger partial charge in [0.25, 0.3) is 0 Å². The summed E-state index contributed by atoms with van der Waals surface area (Å²) in [5.74, 6) is 0. The lowest BCUT2D eigenvalue weighted by Crippen LogP contribution is -2.25. The van der Waals surface area contributed by atoms with Crippen LogP contribution in [-0.4, -0.2) is 5.37 Å². The van der Waals surface area contributed by atoms with E-state index in [2.05, 4.69) is 133 Å². The first-order chi connectivity index (χ1) is 18.3. The zero-order valence-electron chi connectivity index (χ0n) is 20.1. The van der Waals surface area contributed by atoms with Crippen LogP contribution in [0, 0.1) is 0 Å². The van der Waals surface area contributed by atoms with Crippen molar-refractivity contribution in [2.24, 2.45) is 0 Å². The number of benzene rings is 7. The second kappa shape index (κ2) is 9.20. The van der Waals surface area contributed by atoms with Gasteiger partial charge in [-0.3, -0.25) is 0 Å². The third-order valence-corrected chi connectivity index (χ3v) is 10.2. The molecule has 0 aliphatic carbocycles. The summed E-state index contributed by atoms with van der Waals surface area (Å²) in [7, 11) is -0.970. The van der Waals surface area contributed by atoms with Gasteiger partial charge in [0, 0.05) is 16.0 Å². The monoisotopic (exact) mass is 506 g/mol. The summed E-state index contributed by atoms with van der Waals surface area (Å²) < 4.78 is 0. The molecule has 37 heavy (non-hydrogen) atoms. The molecule has 0 saturated heterocycles. The van der Waals surface area contributed by atoms with Crippen LogP contribution in [0.15, 0.2) is 133 Å². The van der Waals surface area contributed by atoms with Crippen molar-refractivity contribution in [2.75, 3.05) is 0 Å². The maximum absolute atomic E-state index is 5.59. The fourth-order valence-corrected chi connectivity index (χ4v) is 9.01. The minimum Gasteiger partial charge on any atom is -0.0881 e. The Hall–Kier alpha value is -3.90. The normalized spacial score (nSPS) is 11.6. The van der Waals surface area contributed by atoms with Crippen LogP contribution >= 0.6 is 20.1 Å². The van der Waals surface area contributed by atoms with Crippen molar-refractivity contribution >= 4 is 84.5 Å². The van der Waals surface area contributed by atoms with Gasteiger partial charge in [-0.25, -0.2) is 0 Å². The maximum atomic E-state index is 5.59. The molecule has 0 aliphatic rings. The number of hydrogen-bond donors (Lipinski definition) is 0. The topological polar surface area (TPSA) is 0 Å². The van der Waals surface area contributed by atoms with E-state index in [1.54, 1.807) is 0 Å². The van der Waals surface area contributed by atoms with E-state index in [9.17, 15) is 0 Å². The Morgan fingerprint density at radius 3 is 1.19 bits per heavy atom. The minimum atomic E-state index is -0.970. The summed E-state index contributed by atoms with van der Waals surface area (Å²) in [5, 5.41) is 16.3. The van der Waals surface area contributed by atoms with E-state index in [1.165, 1.54) is 59.0 Å². The summed E-state index contributed by atoms with van der Waals surface area (Å²) in [4.78, 5) is 0. The molecule has 0 spiro atoms. The molecule has 0 heterocycles. The van der Waals surface area contributed by atoms with Gasteiger partial charge in [0.1, 0.15) is 0 Å². The third-order valence-electron chi connectivity index (χ3n) is 7.24. The van der Waals surface area contributed by atoms with E-state index in [0.29, 0.717) is 0 Å². The van der Waals surface area contributed by atoms with Gasteiger partial charge in [-0.15, -0.1) is 0 Å². The lowest BCUT2D eigenvalue weighted by atomic mass is 10.0. The lowest BCUT2D eigenvalue weighted by Gasteiger charge is -2.27. The zero-order valence-corrected chi connectivity index (χ0v) is 21.8. The van der Waals surface area contributed by atoms with Crippen LogP contribution in [0.2, 0.25) is 0 Å². The van der Waals surface area contributed by atoms with Crippen molar-refractivity contribution in [1.82, 2.24) is 0 Å². The minimum absolute atomic E-state index is 0.970. The molecule has 0 atom stereocenters. The first kappa shape index (κ1) is 22.3. The van der Waals surface area contributed by atoms with Gasteiger partial charge in [-0.2, -0.15) is 0 Å². The molecule has 0 nitrogen and oxygen atoms in total. The van der Waals surface area contributed by atoms with Crippen LogP contribution in [0.4, 0.5) is 0 Å².